The monoisotopic (exact) mass is 688 g/mol. The second-order valence-corrected chi connectivity index (χ2v) is 12.9. The molecule has 7 rings (SSSR count). The SMILES string of the molecule is CCOc1cccc(CN2C3CCN(c4ccc(C(=O)O)cc4)C(=O)C3[C@H](c3cccc(Cl)c3F)C23Nc2ccc(Cl)cc2NC3=O)c1. The minimum Gasteiger partial charge on any atom is -0.494 e. The van der Waals surface area contributed by atoms with Crippen molar-refractivity contribution in [3.05, 3.63) is 117 Å². The fourth-order valence-corrected chi connectivity index (χ4v) is 7.85. The molecule has 0 aliphatic carbocycles. The third-order valence-corrected chi connectivity index (χ3v) is 10.0. The molecule has 0 aromatic heterocycles. The van der Waals surface area contributed by atoms with Crippen molar-refractivity contribution in [3.8, 4) is 5.75 Å². The molecule has 3 heterocycles. The van der Waals surface area contributed by atoms with Crippen LogP contribution in [-0.2, 0) is 16.1 Å². The van der Waals surface area contributed by atoms with Crippen LogP contribution in [0, 0.1) is 11.7 Å². The van der Waals surface area contributed by atoms with Crippen LogP contribution >= 0.6 is 23.2 Å². The first-order valence-electron chi connectivity index (χ1n) is 15.6. The maximum atomic E-state index is 16.3. The Bertz CT molecular complexity index is 1940. The normalized spacial score (nSPS) is 23.3. The van der Waals surface area contributed by atoms with Gasteiger partial charge in [0, 0.05) is 35.8 Å². The predicted octanol–water partition coefficient (Wildman–Crippen LogP) is 7.01. The number of likely N-dealkylation sites (tertiary alicyclic amines) is 1. The molecule has 0 saturated carbocycles. The van der Waals surface area contributed by atoms with Crippen molar-refractivity contribution >= 4 is 58.0 Å². The van der Waals surface area contributed by atoms with Crippen LogP contribution in [0.3, 0.4) is 0 Å². The molecule has 3 N–H and O–H groups in total. The lowest BCUT2D eigenvalue weighted by atomic mass is 9.74. The van der Waals surface area contributed by atoms with Gasteiger partial charge in [0.2, 0.25) is 5.91 Å². The van der Waals surface area contributed by atoms with E-state index < -0.39 is 41.2 Å². The quantitative estimate of drug-likeness (QED) is 0.192. The zero-order valence-corrected chi connectivity index (χ0v) is 27.3. The number of halogens is 3. The van der Waals surface area contributed by atoms with Gasteiger partial charge in [-0.2, -0.15) is 0 Å². The molecular weight excluding hydrogens is 658 g/mol. The summed E-state index contributed by atoms with van der Waals surface area (Å²) in [5.74, 6) is -3.88. The molecule has 3 unspecified atom stereocenters. The smallest absolute Gasteiger partial charge is 0.335 e. The summed E-state index contributed by atoms with van der Waals surface area (Å²) in [6, 6.07) is 22.8. The highest BCUT2D eigenvalue weighted by atomic mass is 35.5. The number of carboxylic acid groups (broad SMARTS) is 1. The average Bonchev–Trinajstić information content (AvgIpc) is 3.33. The molecule has 9 nitrogen and oxygen atoms in total. The third kappa shape index (κ3) is 5.24. The molecule has 4 atom stereocenters. The van der Waals surface area contributed by atoms with Crippen LogP contribution in [0.15, 0.2) is 84.9 Å². The lowest BCUT2D eigenvalue weighted by Crippen LogP contribution is -2.64. The van der Waals surface area contributed by atoms with Crippen molar-refractivity contribution in [2.45, 2.75) is 37.5 Å². The van der Waals surface area contributed by atoms with Crippen LogP contribution in [0.25, 0.3) is 0 Å². The molecule has 2 fully saturated rings. The van der Waals surface area contributed by atoms with E-state index in [9.17, 15) is 19.5 Å². The van der Waals surface area contributed by atoms with Crippen LogP contribution < -0.4 is 20.3 Å². The summed E-state index contributed by atoms with van der Waals surface area (Å²) in [7, 11) is 0. The number of benzene rings is 4. The predicted molar refractivity (Wildman–Crippen MR) is 181 cm³/mol. The Morgan fingerprint density at radius 2 is 1.79 bits per heavy atom. The van der Waals surface area contributed by atoms with Gasteiger partial charge in [-0.25, -0.2) is 9.18 Å². The number of amides is 2. The highest BCUT2D eigenvalue weighted by Crippen LogP contribution is 2.56. The molecule has 3 aliphatic rings. The van der Waals surface area contributed by atoms with Gasteiger partial charge >= 0.3 is 5.97 Å². The lowest BCUT2D eigenvalue weighted by Gasteiger charge is -2.46. The van der Waals surface area contributed by atoms with Gasteiger partial charge in [-0.15, -0.1) is 0 Å². The minimum absolute atomic E-state index is 0.0853. The Morgan fingerprint density at radius 1 is 1.02 bits per heavy atom. The first-order chi connectivity index (χ1) is 23.1. The fraction of sp³-hybridized carbons (Fsp3) is 0.250. The van der Waals surface area contributed by atoms with Crippen LogP contribution in [0.5, 0.6) is 5.75 Å². The number of hydrogen-bond donors (Lipinski definition) is 3. The minimum atomic E-state index is -1.65. The van der Waals surface area contributed by atoms with E-state index in [1.807, 2.05) is 36.1 Å². The number of aromatic carboxylic acids is 1. The number of nitrogens with one attached hydrogen (secondary N) is 2. The summed E-state index contributed by atoms with van der Waals surface area (Å²) < 4.78 is 22.0. The standard InChI is InChI=1S/C36H31Cl2FN4O5/c1-2-48-24-6-3-5-20(17-24)19-43-29-15-16-42(23-12-9-21(10-13-23)34(45)46)33(44)30(29)31(25-7-4-8-26(38)32(25)39)36(43)35(47)40-28-18-22(37)11-14-27(28)41-36/h3-14,17-18,29-31,41H,2,15-16,19H2,1H3,(H,40,47)(H,45,46)/t29?,30?,31-,36?/m0/s1. The van der Waals surface area contributed by atoms with Crippen LogP contribution in [0.4, 0.5) is 21.5 Å². The molecule has 246 valence electrons. The van der Waals surface area contributed by atoms with Gasteiger partial charge in [0.1, 0.15) is 11.6 Å². The second kappa shape index (κ2) is 12.4. The fourth-order valence-electron chi connectivity index (χ4n) is 7.50. The largest absolute Gasteiger partial charge is 0.494 e. The second-order valence-electron chi connectivity index (χ2n) is 12.1. The highest BCUT2D eigenvalue weighted by molar-refractivity contribution is 6.31. The van der Waals surface area contributed by atoms with Crippen LogP contribution in [-0.4, -0.2) is 52.6 Å². The van der Waals surface area contributed by atoms with E-state index in [0.29, 0.717) is 40.9 Å². The van der Waals surface area contributed by atoms with E-state index in [2.05, 4.69) is 10.6 Å². The Balaban J connectivity index is 1.42. The zero-order chi connectivity index (χ0) is 33.7. The number of piperidine rings is 1. The average molecular weight is 690 g/mol. The Morgan fingerprint density at radius 3 is 2.54 bits per heavy atom. The molecule has 0 bridgehead atoms. The van der Waals surface area contributed by atoms with Gasteiger partial charge in [0.25, 0.3) is 5.91 Å². The molecule has 3 aliphatic heterocycles. The molecule has 2 saturated heterocycles. The number of hydrogen-bond acceptors (Lipinski definition) is 6. The van der Waals surface area contributed by atoms with Gasteiger partial charge in [-0.05, 0) is 85.1 Å². The summed E-state index contributed by atoms with van der Waals surface area (Å²) in [6.07, 6.45) is 0.436. The number of rotatable bonds is 7. The Labute approximate surface area is 286 Å². The number of ether oxygens (including phenoxy) is 1. The van der Waals surface area contributed by atoms with Gasteiger partial charge in [0.15, 0.2) is 5.66 Å². The van der Waals surface area contributed by atoms with Crippen LogP contribution in [0.2, 0.25) is 10.0 Å². The molecule has 12 heteroatoms. The summed E-state index contributed by atoms with van der Waals surface area (Å²) >= 11 is 12.6. The van der Waals surface area contributed by atoms with Crippen LogP contribution in [0.1, 0.15) is 40.7 Å². The summed E-state index contributed by atoms with van der Waals surface area (Å²) in [5, 5.41) is 16.2. The Hall–Kier alpha value is -4.64. The maximum Gasteiger partial charge on any atom is 0.335 e. The van der Waals surface area contributed by atoms with E-state index in [1.54, 1.807) is 47.4 Å². The van der Waals surface area contributed by atoms with Gasteiger partial charge in [-0.1, -0.05) is 47.5 Å². The van der Waals surface area contributed by atoms with E-state index in [1.165, 1.54) is 18.2 Å². The van der Waals surface area contributed by atoms with E-state index in [0.717, 1.165) is 5.56 Å². The molecule has 4 aromatic carbocycles. The topological polar surface area (TPSA) is 111 Å². The Kier molecular flexibility index (Phi) is 8.27. The lowest BCUT2D eigenvalue weighted by molar-refractivity contribution is -0.127. The molecular formula is C36H31Cl2FN4O5. The maximum absolute atomic E-state index is 16.3. The van der Waals surface area contributed by atoms with Gasteiger partial charge < -0.3 is 25.4 Å². The van der Waals surface area contributed by atoms with Gasteiger partial charge in [0.05, 0.1) is 34.5 Å². The van der Waals surface area contributed by atoms with Gasteiger partial charge in [-0.3, -0.25) is 14.5 Å². The van der Waals surface area contributed by atoms with Crippen molar-refractivity contribution < 1.29 is 28.6 Å². The van der Waals surface area contributed by atoms with Crippen molar-refractivity contribution in [1.29, 1.82) is 0 Å². The van der Waals surface area contributed by atoms with Crippen molar-refractivity contribution in [2.75, 3.05) is 28.7 Å². The highest BCUT2D eigenvalue weighted by Gasteiger charge is 2.68. The first kappa shape index (κ1) is 31.9. The summed E-state index contributed by atoms with van der Waals surface area (Å²) in [4.78, 5) is 44.6. The number of carboxylic acids is 1. The molecule has 48 heavy (non-hydrogen) atoms. The molecule has 0 radical (unpaired) electrons. The van der Waals surface area contributed by atoms with Crippen molar-refractivity contribution in [2.24, 2.45) is 5.92 Å². The number of carbonyl (C=O) groups excluding carboxylic acids is 2. The molecule has 4 aromatic rings. The summed E-state index contributed by atoms with van der Waals surface area (Å²) in [6.45, 7) is 2.88. The van der Waals surface area contributed by atoms with E-state index in [-0.39, 0.29) is 35.1 Å². The zero-order valence-electron chi connectivity index (χ0n) is 25.8. The van der Waals surface area contributed by atoms with E-state index in [4.69, 9.17) is 27.9 Å². The molecule has 2 amide bonds. The van der Waals surface area contributed by atoms with Crippen molar-refractivity contribution in [3.63, 3.8) is 0 Å². The number of anilines is 3. The van der Waals surface area contributed by atoms with Crippen molar-refractivity contribution in [1.82, 2.24) is 4.90 Å². The number of nitrogens with zero attached hydrogens (tertiary/aromatic N) is 2. The third-order valence-electron chi connectivity index (χ3n) is 9.48. The first-order valence-corrected chi connectivity index (χ1v) is 16.3. The number of carbonyl (C=O) groups is 3. The van der Waals surface area contributed by atoms with E-state index >= 15 is 4.39 Å². The summed E-state index contributed by atoms with van der Waals surface area (Å²) in [5.41, 5.74) is 0.923. The molecule has 1 spiro atoms. The number of fused-ring (bicyclic) bond motifs is 2.